The molecule has 0 aromatic heterocycles. The molecule has 0 saturated heterocycles. The average Bonchev–Trinajstić information content (AvgIpc) is 2.59. The second kappa shape index (κ2) is 5.64. The van der Waals surface area contributed by atoms with E-state index in [0.29, 0.717) is 19.5 Å². The Morgan fingerprint density at radius 2 is 1.94 bits per heavy atom. The predicted molar refractivity (Wildman–Crippen MR) is 63.9 cm³/mol. The largest absolute Gasteiger partial charge is 0.335 e. The van der Waals surface area contributed by atoms with E-state index in [-0.39, 0.29) is 17.6 Å². The number of amides is 1. The number of hydrogen-bond acceptors (Lipinski definition) is 2. The van der Waals surface area contributed by atoms with Crippen molar-refractivity contribution < 1.29 is 9.59 Å². The smallest absolute Gasteiger partial charge is 0.233 e. The highest BCUT2D eigenvalue weighted by Crippen LogP contribution is 2.28. The average molecular weight is 221 g/mol. The third-order valence-electron chi connectivity index (χ3n) is 3.03. The van der Waals surface area contributed by atoms with Gasteiger partial charge in [-0.2, -0.15) is 0 Å². The number of nitrogens with zero attached hydrogens (tertiary/aromatic N) is 1. The van der Waals surface area contributed by atoms with Gasteiger partial charge in [-0.25, -0.2) is 0 Å². The number of carbonyl (C=O) groups is 2. The minimum Gasteiger partial charge on any atom is -0.335 e. The molecular weight excluding hydrogens is 202 g/mol. The fraction of sp³-hybridized carbons (Fsp3) is 0.538. The van der Waals surface area contributed by atoms with E-state index in [1.54, 1.807) is 17.1 Å². The van der Waals surface area contributed by atoms with Gasteiger partial charge in [0.1, 0.15) is 5.78 Å². The summed E-state index contributed by atoms with van der Waals surface area (Å²) in [5.74, 6) is -0.393. The van der Waals surface area contributed by atoms with E-state index in [0.717, 1.165) is 6.42 Å². The SMILES string of the molecule is C=CCN(CC=C)C(=O)[C@@H]1CC[C@H](C)C1=O. The van der Waals surface area contributed by atoms with Gasteiger partial charge in [-0.3, -0.25) is 9.59 Å². The fourth-order valence-corrected chi connectivity index (χ4v) is 2.08. The van der Waals surface area contributed by atoms with Crippen LogP contribution in [0.4, 0.5) is 0 Å². The molecule has 3 heteroatoms. The minimum atomic E-state index is -0.435. The summed E-state index contributed by atoms with van der Waals surface area (Å²) in [4.78, 5) is 25.5. The Bertz CT molecular complexity index is 299. The monoisotopic (exact) mass is 221 g/mol. The van der Waals surface area contributed by atoms with Crippen molar-refractivity contribution in [2.75, 3.05) is 13.1 Å². The van der Waals surface area contributed by atoms with E-state index >= 15 is 0 Å². The molecule has 1 aliphatic carbocycles. The van der Waals surface area contributed by atoms with Gasteiger partial charge in [0.2, 0.25) is 5.91 Å². The van der Waals surface area contributed by atoms with Crippen molar-refractivity contribution in [3.63, 3.8) is 0 Å². The Morgan fingerprint density at radius 3 is 2.31 bits per heavy atom. The maximum absolute atomic E-state index is 12.1. The maximum atomic E-state index is 12.1. The van der Waals surface area contributed by atoms with Crippen molar-refractivity contribution >= 4 is 11.7 Å². The van der Waals surface area contributed by atoms with Gasteiger partial charge in [0.25, 0.3) is 0 Å². The highest BCUT2D eigenvalue weighted by molar-refractivity contribution is 6.03. The van der Waals surface area contributed by atoms with Gasteiger partial charge in [0, 0.05) is 19.0 Å². The number of rotatable bonds is 5. The summed E-state index contributed by atoms with van der Waals surface area (Å²) < 4.78 is 0. The molecule has 1 rings (SSSR count). The predicted octanol–water partition coefficient (Wildman–Crippen LogP) is 1.80. The summed E-state index contributed by atoms with van der Waals surface area (Å²) in [5, 5.41) is 0. The van der Waals surface area contributed by atoms with Crippen LogP contribution in [0, 0.1) is 11.8 Å². The summed E-state index contributed by atoms with van der Waals surface area (Å²) >= 11 is 0. The molecule has 0 aliphatic heterocycles. The summed E-state index contributed by atoms with van der Waals surface area (Å²) in [6, 6.07) is 0. The van der Waals surface area contributed by atoms with Gasteiger partial charge in [-0.15, -0.1) is 13.2 Å². The molecule has 0 radical (unpaired) electrons. The standard InChI is InChI=1S/C13H19NO2/c1-4-8-14(9-5-2)13(16)11-7-6-10(3)12(11)15/h4-5,10-11H,1-2,6-9H2,3H3/t10-,11+/m0/s1. The quantitative estimate of drug-likeness (QED) is 0.524. The molecule has 0 heterocycles. The summed E-state index contributed by atoms with van der Waals surface area (Å²) in [7, 11) is 0. The molecular formula is C13H19NO2. The normalized spacial score (nSPS) is 24.2. The van der Waals surface area contributed by atoms with Crippen molar-refractivity contribution in [2.45, 2.75) is 19.8 Å². The van der Waals surface area contributed by atoms with E-state index in [1.165, 1.54) is 0 Å². The summed E-state index contributed by atoms with van der Waals surface area (Å²) in [6.07, 6.45) is 4.85. The number of hydrogen-bond donors (Lipinski definition) is 0. The number of ketones is 1. The molecule has 0 aromatic carbocycles. The van der Waals surface area contributed by atoms with Crippen molar-refractivity contribution in [3.05, 3.63) is 25.3 Å². The third kappa shape index (κ3) is 2.60. The van der Waals surface area contributed by atoms with Crippen LogP contribution in [0.1, 0.15) is 19.8 Å². The molecule has 3 nitrogen and oxygen atoms in total. The van der Waals surface area contributed by atoms with Crippen LogP contribution in [0.2, 0.25) is 0 Å². The molecule has 0 aromatic rings. The van der Waals surface area contributed by atoms with E-state index in [2.05, 4.69) is 13.2 Å². The lowest BCUT2D eigenvalue weighted by Crippen LogP contribution is -2.38. The molecule has 0 bridgehead atoms. The van der Waals surface area contributed by atoms with Crippen LogP contribution < -0.4 is 0 Å². The van der Waals surface area contributed by atoms with Crippen molar-refractivity contribution in [1.82, 2.24) is 4.90 Å². The maximum Gasteiger partial charge on any atom is 0.233 e. The lowest BCUT2D eigenvalue weighted by molar-refractivity contribution is -0.139. The molecule has 0 unspecified atom stereocenters. The number of Topliss-reactive ketones (excluding diaryl/α,β-unsaturated/α-hetero) is 1. The van der Waals surface area contributed by atoms with Gasteiger partial charge in [0.15, 0.2) is 0 Å². The zero-order valence-electron chi connectivity index (χ0n) is 9.82. The Labute approximate surface area is 96.8 Å². The van der Waals surface area contributed by atoms with Crippen molar-refractivity contribution in [3.8, 4) is 0 Å². The lowest BCUT2D eigenvalue weighted by Gasteiger charge is -2.22. The van der Waals surface area contributed by atoms with Crippen LogP contribution in [-0.2, 0) is 9.59 Å². The summed E-state index contributed by atoms with van der Waals surface area (Å²) in [6.45, 7) is 10.1. The topological polar surface area (TPSA) is 37.4 Å². The van der Waals surface area contributed by atoms with E-state index in [1.807, 2.05) is 6.92 Å². The first-order valence-electron chi connectivity index (χ1n) is 5.66. The third-order valence-corrected chi connectivity index (χ3v) is 3.03. The van der Waals surface area contributed by atoms with E-state index < -0.39 is 5.92 Å². The molecule has 1 aliphatic rings. The molecule has 1 amide bonds. The van der Waals surface area contributed by atoms with Gasteiger partial charge >= 0.3 is 0 Å². The highest BCUT2D eigenvalue weighted by Gasteiger charge is 2.37. The Kier molecular flexibility index (Phi) is 4.47. The lowest BCUT2D eigenvalue weighted by atomic mass is 10.0. The molecule has 0 spiro atoms. The Morgan fingerprint density at radius 1 is 1.38 bits per heavy atom. The number of carbonyl (C=O) groups excluding carboxylic acids is 2. The van der Waals surface area contributed by atoms with Crippen LogP contribution in [0.5, 0.6) is 0 Å². The molecule has 0 N–H and O–H groups in total. The van der Waals surface area contributed by atoms with E-state index in [9.17, 15) is 9.59 Å². The molecule has 88 valence electrons. The minimum absolute atomic E-state index is 0.0308. The highest BCUT2D eigenvalue weighted by atomic mass is 16.2. The summed E-state index contributed by atoms with van der Waals surface area (Å²) in [5.41, 5.74) is 0. The molecule has 1 fully saturated rings. The Balaban J connectivity index is 2.70. The van der Waals surface area contributed by atoms with Gasteiger partial charge in [-0.1, -0.05) is 19.1 Å². The van der Waals surface area contributed by atoms with E-state index in [4.69, 9.17) is 0 Å². The molecule has 2 atom stereocenters. The second-order valence-corrected chi connectivity index (χ2v) is 4.25. The first-order valence-corrected chi connectivity index (χ1v) is 5.66. The van der Waals surface area contributed by atoms with Crippen molar-refractivity contribution in [2.24, 2.45) is 11.8 Å². The molecule has 1 saturated carbocycles. The van der Waals surface area contributed by atoms with Crippen molar-refractivity contribution in [1.29, 1.82) is 0 Å². The van der Waals surface area contributed by atoms with Crippen LogP contribution in [0.15, 0.2) is 25.3 Å². The Hall–Kier alpha value is -1.38. The fourth-order valence-electron chi connectivity index (χ4n) is 2.08. The zero-order chi connectivity index (χ0) is 12.1. The van der Waals surface area contributed by atoms with Gasteiger partial charge in [-0.05, 0) is 12.8 Å². The first kappa shape index (κ1) is 12.7. The second-order valence-electron chi connectivity index (χ2n) is 4.25. The molecule has 16 heavy (non-hydrogen) atoms. The van der Waals surface area contributed by atoms with Crippen LogP contribution in [0.3, 0.4) is 0 Å². The van der Waals surface area contributed by atoms with Crippen LogP contribution in [0.25, 0.3) is 0 Å². The van der Waals surface area contributed by atoms with Crippen LogP contribution in [-0.4, -0.2) is 29.7 Å². The van der Waals surface area contributed by atoms with Gasteiger partial charge < -0.3 is 4.90 Å². The van der Waals surface area contributed by atoms with Gasteiger partial charge in [0.05, 0.1) is 5.92 Å². The van der Waals surface area contributed by atoms with Crippen LogP contribution >= 0.6 is 0 Å². The zero-order valence-corrected chi connectivity index (χ0v) is 9.82. The first-order chi connectivity index (χ1) is 7.61.